The molecule has 2 heteroatoms. The number of benzene rings is 1. The Hall–Kier alpha value is -1.57. The van der Waals surface area contributed by atoms with Gasteiger partial charge < -0.3 is 4.74 Å². The lowest BCUT2D eigenvalue weighted by Crippen LogP contribution is -2.53. The molecule has 0 aliphatic heterocycles. The van der Waals surface area contributed by atoms with E-state index in [1.54, 1.807) is 6.08 Å². The summed E-state index contributed by atoms with van der Waals surface area (Å²) in [4.78, 5) is 12.1. The topological polar surface area (TPSA) is 26.3 Å². The third kappa shape index (κ3) is 5.66. The summed E-state index contributed by atoms with van der Waals surface area (Å²) in [7, 11) is 0. The van der Waals surface area contributed by atoms with E-state index in [-0.39, 0.29) is 5.97 Å². The van der Waals surface area contributed by atoms with Gasteiger partial charge in [-0.3, -0.25) is 0 Å². The lowest BCUT2D eigenvalue weighted by molar-refractivity contribution is -0.138. The molecule has 0 bridgehead atoms. The van der Waals surface area contributed by atoms with Crippen LogP contribution in [0.1, 0.15) is 117 Å². The maximum absolute atomic E-state index is 12.1. The van der Waals surface area contributed by atoms with Crippen LogP contribution in [0.3, 0.4) is 0 Å². The molecule has 0 spiro atoms. The van der Waals surface area contributed by atoms with Crippen molar-refractivity contribution in [2.24, 2.45) is 52.3 Å². The second kappa shape index (κ2) is 11.9. The van der Waals surface area contributed by atoms with Crippen LogP contribution in [-0.2, 0) is 9.53 Å². The van der Waals surface area contributed by atoms with E-state index in [4.69, 9.17) is 4.74 Å². The van der Waals surface area contributed by atoms with Crippen LogP contribution in [0.15, 0.2) is 36.4 Å². The number of ether oxygens (including phenoxy) is 1. The Morgan fingerprint density at radius 1 is 0.921 bits per heavy atom. The fourth-order valence-electron chi connectivity index (χ4n) is 10.3. The maximum Gasteiger partial charge on any atom is 0.330 e. The molecule has 38 heavy (non-hydrogen) atoms. The molecule has 0 heterocycles. The van der Waals surface area contributed by atoms with Gasteiger partial charge in [-0.25, -0.2) is 4.79 Å². The van der Waals surface area contributed by atoms with Gasteiger partial charge in [-0.2, -0.15) is 0 Å². The molecular weight excluding hydrogens is 464 g/mol. The second-order valence-corrected chi connectivity index (χ2v) is 14.5. The molecule has 2 nitrogen and oxygen atoms in total. The zero-order chi connectivity index (χ0) is 26.8. The summed E-state index contributed by atoms with van der Waals surface area (Å²) in [5.41, 5.74) is 2.26. The second-order valence-electron chi connectivity index (χ2n) is 14.5. The Kier molecular flexibility index (Phi) is 8.75. The van der Waals surface area contributed by atoms with E-state index in [0.717, 1.165) is 47.5 Å². The van der Waals surface area contributed by atoms with Gasteiger partial charge in [0.1, 0.15) is 0 Å². The normalized spacial score (nSPS) is 38.2. The molecule has 2 unspecified atom stereocenters. The molecule has 0 aromatic heterocycles. The zero-order valence-electron chi connectivity index (χ0n) is 24.8. The molecule has 0 radical (unpaired) electrons. The van der Waals surface area contributed by atoms with Crippen LogP contribution in [0.4, 0.5) is 0 Å². The molecule has 4 saturated carbocycles. The molecule has 4 aliphatic carbocycles. The Morgan fingerprint density at radius 2 is 1.71 bits per heavy atom. The SMILES string of the molecule is CC(CCC[C@@H](C)[C@H]1CC[C@H]2[C@@H]3CCC4CCCC[C@]4(C)[C@H]3CC[C@]12C)COC(=O)C=Cc1ccccc1. The minimum Gasteiger partial charge on any atom is -0.462 e. The molecule has 4 fully saturated rings. The highest BCUT2D eigenvalue weighted by atomic mass is 16.5. The predicted molar refractivity (Wildman–Crippen MR) is 158 cm³/mol. The lowest BCUT2D eigenvalue weighted by atomic mass is 9.44. The molecule has 4 aliphatic rings. The summed E-state index contributed by atoms with van der Waals surface area (Å²) in [5.74, 6) is 5.94. The van der Waals surface area contributed by atoms with E-state index in [9.17, 15) is 4.79 Å². The molecule has 210 valence electrons. The number of esters is 1. The van der Waals surface area contributed by atoms with Crippen molar-refractivity contribution < 1.29 is 9.53 Å². The van der Waals surface area contributed by atoms with Gasteiger partial charge in [0, 0.05) is 6.08 Å². The average molecular weight is 519 g/mol. The van der Waals surface area contributed by atoms with Crippen molar-refractivity contribution in [1.29, 1.82) is 0 Å². The summed E-state index contributed by atoms with van der Waals surface area (Å²) in [6.45, 7) is 10.7. The van der Waals surface area contributed by atoms with E-state index < -0.39 is 0 Å². The molecule has 0 N–H and O–H groups in total. The maximum atomic E-state index is 12.1. The number of hydrogen-bond acceptors (Lipinski definition) is 2. The molecule has 0 amide bonds. The van der Waals surface area contributed by atoms with Crippen molar-refractivity contribution in [1.82, 2.24) is 0 Å². The monoisotopic (exact) mass is 518 g/mol. The smallest absolute Gasteiger partial charge is 0.330 e. The zero-order valence-corrected chi connectivity index (χ0v) is 24.8. The Morgan fingerprint density at radius 3 is 2.53 bits per heavy atom. The number of fused-ring (bicyclic) bond motifs is 5. The molecule has 1 aromatic carbocycles. The molecule has 1 aromatic rings. The Labute approximate surface area is 233 Å². The minimum atomic E-state index is -0.231. The number of rotatable bonds is 9. The number of carbonyl (C=O) groups excluding carboxylic acids is 1. The van der Waals surface area contributed by atoms with E-state index in [1.165, 1.54) is 77.0 Å². The first kappa shape index (κ1) is 28.0. The van der Waals surface area contributed by atoms with Crippen molar-refractivity contribution in [2.45, 2.75) is 111 Å². The summed E-state index contributed by atoms with van der Waals surface area (Å²) in [6.07, 6.45) is 22.1. The third-order valence-corrected chi connectivity index (χ3v) is 12.4. The summed E-state index contributed by atoms with van der Waals surface area (Å²) in [5, 5.41) is 0. The summed E-state index contributed by atoms with van der Waals surface area (Å²) < 4.78 is 5.54. The Bertz CT molecular complexity index is 951. The van der Waals surface area contributed by atoms with Gasteiger partial charge in [-0.05, 0) is 122 Å². The minimum absolute atomic E-state index is 0.231. The van der Waals surface area contributed by atoms with Gasteiger partial charge >= 0.3 is 5.97 Å². The number of carbonyl (C=O) groups is 1. The van der Waals surface area contributed by atoms with Gasteiger partial charge in [-0.15, -0.1) is 0 Å². The Balaban J connectivity index is 1.07. The first-order valence-corrected chi connectivity index (χ1v) is 16.2. The van der Waals surface area contributed by atoms with Crippen LogP contribution in [0.5, 0.6) is 0 Å². The van der Waals surface area contributed by atoms with Crippen molar-refractivity contribution >= 4 is 12.0 Å². The van der Waals surface area contributed by atoms with Crippen LogP contribution in [-0.4, -0.2) is 12.6 Å². The molecule has 0 saturated heterocycles. The lowest BCUT2D eigenvalue weighted by Gasteiger charge is -2.61. The highest BCUT2D eigenvalue weighted by Crippen LogP contribution is 2.68. The average Bonchev–Trinajstić information content (AvgIpc) is 3.28. The highest BCUT2D eigenvalue weighted by Gasteiger charge is 2.60. The molecule has 9 atom stereocenters. The molecular formula is C36H54O2. The van der Waals surface area contributed by atoms with E-state index in [2.05, 4.69) is 27.7 Å². The van der Waals surface area contributed by atoms with Gasteiger partial charge in [-0.1, -0.05) is 83.7 Å². The standard InChI is InChI=1S/C36H54O2/c1-26(25-38-34(37)21-16-28-13-6-5-7-14-28)11-10-12-27(2)31-19-20-32-30-18-17-29-15-8-9-23-35(29,3)33(30)22-24-36(31,32)4/h5-7,13-14,16,21,26-27,29-33H,8-12,15,17-20,22-25H2,1-4H3/t26?,27-,29?,30+,31-,32+,33+,35+,36-/m1/s1. The fraction of sp³-hybridized carbons (Fsp3) is 0.750. The van der Waals surface area contributed by atoms with Crippen molar-refractivity contribution in [3.8, 4) is 0 Å². The van der Waals surface area contributed by atoms with Crippen LogP contribution in [0, 0.1) is 52.3 Å². The van der Waals surface area contributed by atoms with E-state index >= 15 is 0 Å². The van der Waals surface area contributed by atoms with Gasteiger partial charge in [0.2, 0.25) is 0 Å². The van der Waals surface area contributed by atoms with Crippen LogP contribution in [0.25, 0.3) is 6.08 Å². The fourth-order valence-corrected chi connectivity index (χ4v) is 10.3. The van der Waals surface area contributed by atoms with E-state index in [0.29, 0.717) is 23.4 Å². The van der Waals surface area contributed by atoms with Crippen LogP contribution in [0.2, 0.25) is 0 Å². The van der Waals surface area contributed by atoms with E-state index in [1.807, 2.05) is 36.4 Å². The van der Waals surface area contributed by atoms with Crippen molar-refractivity contribution in [3.63, 3.8) is 0 Å². The van der Waals surface area contributed by atoms with Crippen molar-refractivity contribution in [3.05, 3.63) is 42.0 Å². The predicted octanol–water partition coefficient (Wildman–Crippen LogP) is 9.73. The highest BCUT2D eigenvalue weighted by molar-refractivity contribution is 5.87. The van der Waals surface area contributed by atoms with Crippen LogP contribution < -0.4 is 0 Å². The third-order valence-electron chi connectivity index (χ3n) is 12.4. The largest absolute Gasteiger partial charge is 0.462 e. The molecule has 5 rings (SSSR count). The van der Waals surface area contributed by atoms with Gasteiger partial charge in [0.05, 0.1) is 6.61 Å². The summed E-state index contributed by atoms with van der Waals surface area (Å²) >= 11 is 0. The first-order chi connectivity index (χ1) is 18.3. The first-order valence-electron chi connectivity index (χ1n) is 16.2. The van der Waals surface area contributed by atoms with Crippen molar-refractivity contribution in [2.75, 3.05) is 6.61 Å². The van der Waals surface area contributed by atoms with Gasteiger partial charge in [0.15, 0.2) is 0 Å². The van der Waals surface area contributed by atoms with Gasteiger partial charge in [0.25, 0.3) is 0 Å². The number of hydrogen-bond donors (Lipinski definition) is 0. The van der Waals surface area contributed by atoms with Crippen LogP contribution >= 0.6 is 0 Å². The summed E-state index contributed by atoms with van der Waals surface area (Å²) in [6, 6.07) is 9.93. The quantitative estimate of drug-likeness (QED) is 0.240.